The fraction of sp³-hybridized carbons (Fsp3) is 0.545. The number of pyridine rings is 1. The van der Waals surface area contributed by atoms with E-state index in [9.17, 15) is 0 Å². The Morgan fingerprint density at radius 1 is 1.33 bits per heavy atom. The molecule has 66 valence electrons. The SMILES string of the molecule is CCC(C)(CC)c1cccnc1. The first-order chi connectivity index (χ1) is 5.73. The quantitative estimate of drug-likeness (QED) is 0.667. The molecule has 0 bridgehead atoms. The first-order valence-electron chi connectivity index (χ1n) is 4.63. The van der Waals surface area contributed by atoms with Crippen LogP contribution in [0.5, 0.6) is 0 Å². The molecule has 1 heterocycles. The van der Waals surface area contributed by atoms with E-state index >= 15 is 0 Å². The first kappa shape index (κ1) is 9.24. The largest absolute Gasteiger partial charge is 0.264 e. The maximum absolute atomic E-state index is 4.15. The Kier molecular flexibility index (Phi) is 2.85. The summed E-state index contributed by atoms with van der Waals surface area (Å²) in [7, 11) is 0. The number of aromatic nitrogens is 1. The molecule has 0 aliphatic carbocycles. The molecule has 0 aromatic carbocycles. The molecule has 0 N–H and O–H groups in total. The smallest absolute Gasteiger partial charge is 0.0305 e. The fourth-order valence-electron chi connectivity index (χ4n) is 1.38. The summed E-state index contributed by atoms with van der Waals surface area (Å²) in [6.07, 6.45) is 6.16. The standard InChI is InChI=1S/C11H17N/c1-4-11(3,5-2)10-7-6-8-12-9-10/h6-9H,4-5H2,1-3H3. The molecular formula is C11H17N. The van der Waals surface area contributed by atoms with E-state index in [4.69, 9.17) is 0 Å². The Morgan fingerprint density at radius 3 is 2.42 bits per heavy atom. The molecule has 0 spiro atoms. The molecule has 1 aromatic rings. The van der Waals surface area contributed by atoms with Crippen LogP contribution in [-0.4, -0.2) is 4.98 Å². The second-order valence-corrected chi connectivity index (χ2v) is 3.51. The van der Waals surface area contributed by atoms with Gasteiger partial charge in [-0.25, -0.2) is 0 Å². The van der Waals surface area contributed by atoms with Crippen LogP contribution in [0.25, 0.3) is 0 Å². The minimum Gasteiger partial charge on any atom is -0.264 e. The number of rotatable bonds is 3. The van der Waals surface area contributed by atoms with Gasteiger partial charge in [0.25, 0.3) is 0 Å². The minimum absolute atomic E-state index is 0.314. The molecule has 0 amide bonds. The molecule has 1 heteroatoms. The van der Waals surface area contributed by atoms with Gasteiger partial charge in [0.15, 0.2) is 0 Å². The van der Waals surface area contributed by atoms with Crippen molar-refractivity contribution in [2.45, 2.75) is 39.0 Å². The molecular weight excluding hydrogens is 146 g/mol. The highest BCUT2D eigenvalue weighted by Gasteiger charge is 2.21. The van der Waals surface area contributed by atoms with Gasteiger partial charge in [-0.15, -0.1) is 0 Å². The molecule has 0 atom stereocenters. The number of hydrogen-bond donors (Lipinski definition) is 0. The molecule has 1 rings (SSSR count). The van der Waals surface area contributed by atoms with E-state index in [0.717, 1.165) is 0 Å². The maximum atomic E-state index is 4.15. The summed E-state index contributed by atoms with van der Waals surface area (Å²) in [6.45, 7) is 6.76. The summed E-state index contributed by atoms with van der Waals surface area (Å²) in [5.74, 6) is 0. The lowest BCUT2D eigenvalue weighted by atomic mass is 9.79. The number of nitrogens with zero attached hydrogens (tertiary/aromatic N) is 1. The molecule has 0 fully saturated rings. The van der Waals surface area contributed by atoms with Crippen molar-refractivity contribution in [3.8, 4) is 0 Å². The second kappa shape index (κ2) is 3.70. The molecule has 0 unspecified atom stereocenters. The van der Waals surface area contributed by atoms with Crippen molar-refractivity contribution in [1.82, 2.24) is 4.98 Å². The molecule has 0 saturated carbocycles. The Labute approximate surface area is 74.8 Å². The van der Waals surface area contributed by atoms with E-state index in [0.29, 0.717) is 5.41 Å². The zero-order valence-corrected chi connectivity index (χ0v) is 8.17. The van der Waals surface area contributed by atoms with Crippen molar-refractivity contribution >= 4 is 0 Å². The first-order valence-corrected chi connectivity index (χ1v) is 4.63. The van der Waals surface area contributed by atoms with Gasteiger partial charge >= 0.3 is 0 Å². The van der Waals surface area contributed by atoms with Gasteiger partial charge in [0.2, 0.25) is 0 Å². The highest BCUT2D eigenvalue weighted by atomic mass is 14.6. The average Bonchev–Trinajstić information content (AvgIpc) is 2.18. The van der Waals surface area contributed by atoms with Crippen LogP contribution >= 0.6 is 0 Å². The average molecular weight is 163 g/mol. The normalized spacial score (nSPS) is 11.6. The van der Waals surface area contributed by atoms with Gasteiger partial charge in [-0.3, -0.25) is 4.98 Å². The van der Waals surface area contributed by atoms with Gasteiger partial charge < -0.3 is 0 Å². The van der Waals surface area contributed by atoms with Crippen molar-refractivity contribution in [2.75, 3.05) is 0 Å². The number of hydrogen-bond acceptors (Lipinski definition) is 1. The molecule has 0 aliphatic rings. The van der Waals surface area contributed by atoms with Gasteiger partial charge in [-0.1, -0.05) is 26.8 Å². The van der Waals surface area contributed by atoms with Crippen molar-refractivity contribution in [2.24, 2.45) is 0 Å². The third-order valence-corrected chi connectivity index (χ3v) is 2.92. The highest BCUT2D eigenvalue weighted by Crippen LogP contribution is 2.29. The summed E-state index contributed by atoms with van der Waals surface area (Å²) in [5, 5.41) is 0. The van der Waals surface area contributed by atoms with Gasteiger partial charge in [0.1, 0.15) is 0 Å². The Morgan fingerprint density at radius 2 is 2.00 bits per heavy atom. The van der Waals surface area contributed by atoms with E-state index in [-0.39, 0.29) is 0 Å². The molecule has 0 aliphatic heterocycles. The Hall–Kier alpha value is -0.850. The zero-order chi connectivity index (χ0) is 9.03. The van der Waals surface area contributed by atoms with E-state index < -0.39 is 0 Å². The van der Waals surface area contributed by atoms with Crippen LogP contribution in [0.4, 0.5) is 0 Å². The highest BCUT2D eigenvalue weighted by molar-refractivity contribution is 5.19. The van der Waals surface area contributed by atoms with Crippen LogP contribution in [0, 0.1) is 0 Å². The molecule has 1 nitrogen and oxygen atoms in total. The maximum Gasteiger partial charge on any atom is 0.0305 e. The summed E-state index contributed by atoms with van der Waals surface area (Å²) >= 11 is 0. The monoisotopic (exact) mass is 163 g/mol. The lowest BCUT2D eigenvalue weighted by Gasteiger charge is -2.26. The molecule has 1 aromatic heterocycles. The van der Waals surface area contributed by atoms with Gasteiger partial charge in [-0.05, 0) is 29.9 Å². The van der Waals surface area contributed by atoms with Gasteiger partial charge in [0, 0.05) is 12.4 Å². The van der Waals surface area contributed by atoms with Crippen LogP contribution in [0.3, 0.4) is 0 Å². The summed E-state index contributed by atoms with van der Waals surface area (Å²) in [4.78, 5) is 4.15. The minimum atomic E-state index is 0.314. The van der Waals surface area contributed by atoms with Crippen molar-refractivity contribution in [3.05, 3.63) is 30.1 Å². The summed E-state index contributed by atoms with van der Waals surface area (Å²) in [5.41, 5.74) is 1.67. The predicted molar refractivity (Wildman–Crippen MR) is 52.2 cm³/mol. The molecule has 0 radical (unpaired) electrons. The van der Waals surface area contributed by atoms with E-state index in [2.05, 4.69) is 31.8 Å². The predicted octanol–water partition coefficient (Wildman–Crippen LogP) is 3.16. The van der Waals surface area contributed by atoms with Gasteiger partial charge in [-0.2, -0.15) is 0 Å². The third-order valence-electron chi connectivity index (χ3n) is 2.92. The van der Waals surface area contributed by atoms with Crippen molar-refractivity contribution in [1.29, 1.82) is 0 Å². The van der Waals surface area contributed by atoms with Gasteiger partial charge in [0.05, 0.1) is 0 Å². The van der Waals surface area contributed by atoms with E-state index in [1.165, 1.54) is 18.4 Å². The topological polar surface area (TPSA) is 12.9 Å². The van der Waals surface area contributed by atoms with Crippen molar-refractivity contribution in [3.63, 3.8) is 0 Å². The lowest BCUT2D eigenvalue weighted by Crippen LogP contribution is -2.19. The summed E-state index contributed by atoms with van der Waals surface area (Å²) in [6, 6.07) is 4.18. The van der Waals surface area contributed by atoms with E-state index in [1.54, 1.807) is 0 Å². The van der Waals surface area contributed by atoms with Crippen LogP contribution in [-0.2, 0) is 5.41 Å². The Bertz CT molecular complexity index is 224. The van der Waals surface area contributed by atoms with Crippen LogP contribution in [0.15, 0.2) is 24.5 Å². The molecule has 12 heavy (non-hydrogen) atoms. The summed E-state index contributed by atoms with van der Waals surface area (Å²) < 4.78 is 0. The second-order valence-electron chi connectivity index (χ2n) is 3.51. The molecule has 0 saturated heterocycles. The van der Waals surface area contributed by atoms with E-state index in [1.807, 2.05) is 18.5 Å². The van der Waals surface area contributed by atoms with Crippen molar-refractivity contribution < 1.29 is 0 Å². The zero-order valence-electron chi connectivity index (χ0n) is 8.17. The fourth-order valence-corrected chi connectivity index (χ4v) is 1.38. The van der Waals surface area contributed by atoms with Crippen LogP contribution in [0.2, 0.25) is 0 Å². The van der Waals surface area contributed by atoms with Crippen LogP contribution < -0.4 is 0 Å². The lowest BCUT2D eigenvalue weighted by molar-refractivity contribution is 0.437. The van der Waals surface area contributed by atoms with Crippen LogP contribution in [0.1, 0.15) is 39.2 Å². The Balaban J connectivity index is 2.95. The third kappa shape index (κ3) is 1.66.